The molecule has 0 bridgehead atoms. The van der Waals surface area contributed by atoms with Gasteiger partial charge in [0.25, 0.3) is 0 Å². The number of hydrogen-bond donors (Lipinski definition) is 1. The number of hydroxylamine groups is 2. The predicted octanol–water partition coefficient (Wildman–Crippen LogP) is 2.01. The van der Waals surface area contributed by atoms with Crippen LogP contribution in [0.2, 0.25) is 0 Å². The van der Waals surface area contributed by atoms with Crippen molar-refractivity contribution in [1.82, 2.24) is 9.63 Å². The van der Waals surface area contributed by atoms with Crippen LogP contribution in [0.1, 0.15) is 18.2 Å². The lowest BCUT2D eigenvalue weighted by molar-refractivity contribution is -0.146. The van der Waals surface area contributed by atoms with Gasteiger partial charge in [-0.05, 0) is 18.2 Å². The van der Waals surface area contributed by atoms with Gasteiger partial charge in [-0.3, -0.25) is 14.2 Å². The lowest BCUT2D eigenvalue weighted by atomic mass is 10.1. The summed E-state index contributed by atoms with van der Waals surface area (Å²) >= 11 is 0. The largest absolute Gasteiger partial charge is 0.497 e. The van der Waals surface area contributed by atoms with Crippen LogP contribution >= 0.6 is 0 Å². The van der Waals surface area contributed by atoms with Gasteiger partial charge in [-0.1, -0.05) is 0 Å². The SMILES string of the molecule is COc1ccc2cc3n(c2c1)C(=O)N(OC)C3CC(=O)O. The smallest absolute Gasteiger partial charge is 0.353 e. The summed E-state index contributed by atoms with van der Waals surface area (Å²) in [5.41, 5.74) is 1.27. The molecule has 3 rings (SSSR count). The van der Waals surface area contributed by atoms with Gasteiger partial charge in [0.15, 0.2) is 0 Å². The molecule has 2 aromatic rings. The van der Waals surface area contributed by atoms with E-state index in [2.05, 4.69) is 0 Å². The predicted molar refractivity (Wildman–Crippen MR) is 73.1 cm³/mol. The highest BCUT2D eigenvalue weighted by atomic mass is 16.7. The molecular formula is C14H14N2O5. The van der Waals surface area contributed by atoms with Gasteiger partial charge in [0.05, 0.1) is 31.9 Å². The summed E-state index contributed by atoms with van der Waals surface area (Å²) in [4.78, 5) is 28.5. The molecule has 7 heteroatoms. The molecule has 0 saturated carbocycles. The fraction of sp³-hybridized carbons (Fsp3) is 0.286. The van der Waals surface area contributed by atoms with Crippen LogP contribution < -0.4 is 4.74 Å². The maximum absolute atomic E-state index is 12.4. The van der Waals surface area contributed by atoms with E-state index in [4.69, 9.17) is 14.7 Å². The number of rotatable bonds is 4. The third-order valence-corrected chi connectivity index (χ3v) is 3.61. The van der Waals surface area contributed by atoms with Crippen LogP contribution in [0.4, 0.5) is 4.79 Å². The normalized spacial score (nSPS) is 17.3. The van der Waals surface area contributed by atoms with Crippen LogP contribution in [0.25, 0.3) is 10.9 Å². The van der Waals surface area contributed by atoms with Gasteiger partial charge in [-0.2, -0.15) is 5.06 Å². The summed E-state index contributed by atoms with van der Waals surface area (Å²) in [6.45, 7) is 0. The van der Waals surface area contributed by atoms with Crippen LogP contribution in [0.3, 0.4) is 0 Å². The Labute approximate surface area is 120 Å². The van der Waals surface area contributed by atoms with Crippen molar-refractivity contribution in [3.8, 4) is 5.75 Å². The van der Waals surface area contributed by atoms with Gasteiger partial charge in [-0.25, -0.2) is 4.79 Å². The Morgan fingerprint density at radius 1 is 1.33 bits per heavy atom. The molecule has 0 radical (unpaired) electrons. The van der Waals surface area contributed by atoms with Crippen molar-refractivity contribution in [2.45, 2.75) is 12.5 Å². The number of carboxylic acid groups (broad SMARTS) is 1. The van der Waals surface area contributed by atoms with Gasteiger partial charge in [0.2, 0.25) is 0 Å². The van der Waals surface area contributed by atoms with E-state index in [1.165, 1.54) is 11.7 Å². The molecule has 1 N–H and O–H groups in total. The highest BCUT2D eigenvalue weighted by molar-refractivity contribution is 5.96. The minimum Gasteiger partial charge on any atom is -0.497 e. The lowest BCUT2D eigenvalue weighted by Crippen LogP contribution is -2.29. The molecule has 2 heterocycles. The minimum atomic E-state index is -0.994. The highest BCUT2D eigenvalue weighted by Gasteiger charge is 2.40. The molecule has 1 atom stereocenters. The number of carbonyl (C=O) groups excluding carboxylic acids is 1. The summed E-state index contributed by atoms with van der Waals surface area (Å²) in [7, 11) is 2.90. The van der Waals surface area contributed by atoms with Gasteiger partial charge in [-0.15, -0.1) is 0 Å². The number of aliphatic carboxylic acids is 1. The topological polar surface area (TPSA) is 81.0 Å². The molecule has 0 fully saturated rings. The van der Waals surface area contributed by atoms with Gasteiger partial charge < -0.3 is 9.84 Å². The second kappa shape index (κ2) is 4.78. The second-order valence-electron chi connectivity index (χ2n) is 4.73. The van der Waals surface area contributed by atoms with E-state index in [0.29, 0.717) is 17.0 Å². The van der Waals surface area contributed by atoms with Crippen molar-refractivity contribution >= 4 is 22.9 Å². The molecular weight excluding hydrogens is 276 g/mol. The van der Waals surface area contributed by atoms with E-state index >= 15 is 0 Å². The van der Waals surface area contributed by atoms with E-state index < -0.39 is 18.0 Å². The summed E-state index contributed by atoms with van der Waals surface area (Å²) < 4.78 is 6.63. The number of fused-ring (bicyclic) bond motifs is 3. The number of methoxy groups -OCH3 is 1. The number of hydrogen-bond acceptors (Lipinski definition) is 4. The molecule has 1 aliphatic rings. The average Bonchev–Trinajstić information content (AvgIpc) is 2.94. The van der Waals surface area contributed by atoms with Crippen molar-refractivity contribution in [2.24, 2.45) is 0 Å². The Balaban J connectivity index is 2.18. The van der Waals surface area contributed by atoms with Gasteiger partial charge >= 0.3 is 12.0 Å². The maximum atomic E-state index is 12.4. The molecule has 21 heavy (non-hydrogen) atoms. The number of carboxylic acids is 1. The first-order chi connectivity index (χ1) is 10.1. The van der Waals surface area contributed by atoms with E-state index in [1.807, 2.05) is 6.07 Å². The minimum absolute atomic E-state index is 0.215. The van der Waals surface area contributed by atoms with Crippen LogP contribution in [0.5, 0.6) is 5.75 Å². The molecule has 7 nitrogen and oxygen atoms in total. The van der Waals surface area contributed by atoms with Gasteiger partial charge in [0, 0.05) is 11.5 Å². The number of carbonyl (C=O) groups is 2. The molecule has 1 unspecified atom stereocenters. The van der Waals surface area contributed by atoms with Crippen LogP contribution in [-0.4, -0.2) is 41.0 Å². The Morgan fingerprint density at radius 3 is 2.71 bits per heavy atom. The van der Waals surface area contributed by atoms with E-state index in [-0.39, 0.29) is 6.42 Å². The summed E-state index contributed by atoms with van der Waals surface area (Å²) in [5, 5.41) is 11.0. The van der Waals surface area contributed by atoms with Crippen molar-refractivity contribution in [3.63, 3.8) is 0 Å². The molecule has 0 saturated heterocycles. The summed E-state index contributed by atoms with van der Waals surface area (Å²) in [6.07, 6.45) is -0.215. The quantitative estimate of drug-likeness (QED) is 0.931. The van der Waals surface area contributed by atoms with Crippen molar-refractivity contribution in [1.29, 1.82) is 0 Å². The molecule has 1 aliphatic heterocycles. The van der Waals surface area contributed by atoms with Crippen molar-refractivity contribution < 1.29 is 24.3 Å². The molecule has 1 aromatic carbocycles. The molecule has 0 aliphatic carbocycles. The average molecular weight is 290 g/mol. The lowest BCUT2D eigenvalue weighted by Gasteiger charge is -2.19. The number of nitrogens with zero attached hydrogens (tertiary/aromatic N) is 2. The van der Waals surface area contributed by atoms with Crippen molar-refractivity contribution in [2.75, 3.05) is 14.2 Å². The van der Waals surface area contributed by atoms with Crippen LogP contribution in [-0.2, 0) is 9.63 Å². The van der Waals surface area contributed by atoms with E-state index in [9.17, 15) is 9.59 Å². The number of aromatic nitrogens is 1. The number of benzene rings is 1. The van der Waals surface area contributed by atoms with Crippen LogP contribution in [0, 0.1) is 0 Å². The highest BCUT2D eigenvalue weighted by Crippen LogP contribution is 2.37. The van der Waals surface area contributed by atoms with E-state index in [1.54, 1.807) is 25.3 Å². The zero-order chi connectivity index (χ0) is 15.1. The Morgan fingerprint density at radius 2 is 2.10 bits per heavy atom. The standard InChI is InChI=1S/C14H14N2O5/c1-20-9-4-3-8-5-11-12(7-13(17)18)16(21-2)14(19)15(11)10(8)6-9/h3-6,12H,7H2,1-2H3,(H,17,18). The number of amides is 1. The van der Waals surface area contributed by atoms with Crippen molar-refractivity contribution in [3.05, 3.63) is 30.0 Å². The Kier molecular flexibility index (Phi) is 3.06. The summed E-state index contributed by atoms with van der Waals surface area (Å²) in [6, 6.07) is 6.14. The first-order valence-corrected chi connectivity index (χ1v) is 6.35. The Hall–Kier alpha value is -2.54. The number of ether oxygens (including phenoxy) is 1. The first-order valence-electron chi connectivity index (χ1n) is 6.35. The summed E-state index contributed by atoms with van der Waals surface area (Å²) in [5.74, 6) is -0.368. The fourth-order valence-corrected chi connectivity index (χ4v) is 2.70. The second-order valence-corrected chi connectivity index (χ2v) is 4.73. The third-order valence-electron chi connectivity index (χ3n) is 3.61. The molecule has 0 spiro atoms. The fourth-order valence-electron chi connectivity index (χ4n) is 2.70. The molecule has 1 aromatic heterocycles. The monoisotopic (exact) mass is 290 g/mol. The zero-order valence-corrected chi connectivity index (χ0v) is 11.6. The third kappa shape index (κ3) is 1.93. The first kappa shape index (κ1) is 13.4. The van der Waals surface area contributed by atoms with Crippen LogP contribution in [0.15, 0.2) is 24.3 Å². The zero-order valence-electron chi connectivity index (χ0n) is 11.6. The maximum Gasteiger partial charge on any atom is 0.353 e. The Bertz CT molecular complexity index is 736. The van der Waals surface area contributed by atoms with E-state index in [0.717, 1.165) is 10.4 Å². The van der Waals surface area contributed by atoms with Gasteiger partial charge in [0.1, 0.15) is 11.8 Å². The molecule has 110 valence electrons. The molecule has 1 amide bonds.